The van der Waals surface area contributed by atoms with Crippen molar-refractivity contribution in [3.8, 4) is 0 Å². The van der Waals surface area contributed by atoms with Crippen LogP contribution in [0.4, 0.5) is 0 Å². The molecule has 0 fully saturated rings. The van der Waals surface area contributed by atoms with Gasteiger partial charge in [-0.05, 0) is 0 Å². The zero-order valence-electron chi connectivity index (χ0n) is 14.8. The van der Waals surface area contributed by atoms with Gasteiger partial charge >= 0.3 is 137 Å². The quantitative estimate of drug-likeness (QED) is 0.339. The van der Waals surface area contributed by atoms with E-state index in [2.05, 4.69) is 44.9 Å². The average Bonchev–Trinajstić information content (AvgIpc) is 2.50. The molecule has 0 aromatic carbocycles. The monoisotopic (exact) mass is 397 g/mol. The van der Waals surface area contributed by atoms with Gasteiger partial charge in [-0.1, -0.05) is 0 Å². The van der Waals surface area contributed by atoms with Gasteiger partial charge in [0.05, 0.1) is 0 Å². The molecule has 0 spiro atoms. The van der Waals surface area contributed by atoms with Crippen molar-refractivity contribution >= 4 is 22.0 Å². The molecule has 1 rings (SSSR count). The molecule has 0 N–H and O–H groups in total. The first kappa shape index (κ1) is 19.0. The number of rotatable bonds is 11. The van der Waals surface area contributed by atoms with Gasteiger partial charge in [0.1, 0.15) is 0 Å². The minimum atomic E-state index is -2.24. The average molecular weight is 396 g/mol. The van der Waals surface area contributed by atoms with Crippen LogP contribution in [0, 0.1) is 6.92 Å². The molecule has 1 aromatic rings. The Kier molecular flexibility index (Phi) is 9.62. The van der Waals surface area contributed by atoms with E-state index >= 15 is 0 Å². The summed E-state index contributed by atoms with van der Waals surface area (Å²) in [7, 11) is 0. The Morgan fingerprint density at radius 2 is 1.43 bits per heavy atom. The molecule has 0 aliphatic carbocycles. The molecule has 0 saturated heterocycles. The molecule has 0 bridgehead atoms. The van der Waals surface area contributed by atoms with Crippen LogP contribution in [0.2, 0.25) is 13.3 Å². The molecule has 0 aliphatic heterocycles. The molecule has 1 heterocycles. The molecule has 21 heavy (non-hydrogen) atoms. The molecule has 0 saturated carbocycles. The summed E-state index contributed by atoms with van der Waals surface area (Å²) >= 11 is -2.24. The Balaban J connectivity index is 3.04. The van der Waals surface area contributed by atoms with Gasteiger partial charge in [-0.15, -0.1) is 0 Å². The van der Waals surface area contributed by atoms with Gasteiger partial charge in [0, 0.05) is 0 Å². The second kappa shape index (κ2) is 10.6. The molecule has 0 aliphatic rings. The van der Waals surface area contributed by atoms with Crippen molar-refractivity contribution in [3.05, 3.63) is 24.0 Å². The van der Waals surface area contributed by atoms with Crippen molar-refractivity contribution in [2.24, 2.45) is 0 Å². The van der Waals surface area contributed by atoms with Crippen molar-refractivity contribution in [2.45, 2.75) is 86.0 Å². The fraction of sp³-hybridized carbons (Fsp3) is 0.737. The van der Waals surface area contributed by atoms with E-state index in [4.69, 9.17) is 0 Å². The first-order valence-electron chi connectivity index (χ1n) is 9.11. The topological polar surface area (TPSA) is 12.9 Å². The van der Waals surface area contributed by atoms with E-state index in [-0.39, 0.29) is 0 Å². The van der Waals surface area contributed by atoms with Gasteiger partial charge in [0.25, 0.3) is 0 Å². The number of unbranched alkanes of at least 4 members (excludes halogenated alkanes) is 4. The molecular formula is C19H35NSn. The van der Waals surface area contributed by atoms with E-state index in [0.29, 0.717) is 0 Å². The zero-order valence-corrected chi connectivity index (χ0v) is 17.6. The summed E-state index contributed by atoms with van der Waals surface area (Å²) in [5.41, 5.74) is 1.53. The van der Waals surface area contributed by atoms with E-state index < -0.39 is 18.4 Å². The molecule has 0 amide bonds. The van der Waals surface area contributed by atoms with Crippen LogP contribution in [0.5, 0.6) is 0 Å². The predicted molar refractivity (Wildman–Crippen MR) is 98.1 cm³/mol. The molecule has 120 valence electrons. The fourth-order valence-electron chi connectivity index (χ4n) is 3.54. The SMILES string of the molecule is CCCC[CH2][Sn]([CH2]CCC)([CH2]CCC)[c]1cnccc1C. The van der Waals surface area contributed by atoms with Crippen LogP contribution in [0.3, 0.4) is 0 Å². The summed E-state index contributed by atoms with van der Waals surface area (Å²) in [6.45, 7) is 9.34. The third-order valence-electron chi connectivity index (χ3n) is 4.89. The fourth-order valence-corrected chi connectivity index (χ4v) is 20.1. The van der Waals surface area contributed by atoms with Crippen molar-refractivity contribution in [2.75, 3.05) is 0 Å². The summed E-state index contributed by atoms with van der Waals surface area (Å²) < 4.78 is 6.38. The molecule has 0 radical (unpaired) electrons. The number of pyridine rings is 1. The van der Waals surface area contributed by atoms with E-state index in [1.807, 2.05) is 6.20 Å². The number of hydrogen-bond acceptors (Lipinski definition) is 1. The summed E-state index contributed by atoms with van der Waals surface area (Å²) in [5.74, 6) is 0. The summed E-state index contributed by atoms with van der Waals surface area (Å²) in [6, 6.07) is 2.25. The van der Waals surface area contributed by atoms with Crippen molar-refractivity contribution in [1.82, 2.24) is 4.98 Å². The zero-order chi connectivity index (χ0) is 15.6. The molecule has 0 unspecified atom stereocenters. The predicted octanol–water partition coefficient (Wildman–Crippen LogP) is 5.84. The number of hydrogen-bond donors (Lipinski definition) is 0. The first-order chi connectivity index (χ1) is 10.2. The third-order valence-corrected chi connectivity index (χ3v) is 20.9. The van der Waals surface area contributed by atoms with E-state index in [0.717, 1.165) is 0 Å². The molecule has 2 heteroatoms. The Morgan fingerprint density at radius 3 is 1.95 bits per heavy atom. The maximum absolute atomic E-state index is 4.51. The second-order valence-electron chi connectivity index (χ2n) is 6.64. The van der Waals surface area contributed by atoms with Gasteiger partial charge in [0.15, 0.2) is 0 Å². The van der Waals surface area contributed by atoms with E-state index in [9.17, 15) is 0 Å². The van der Waals surface area contributed by atoms with Crippen LogP contribution in [0.1, 0.15) is 71.3 Å². The van der Waals surface area contributed by atoms with Crippen molar-refractivity contribution < 1.29 is 0 Å². The second-order valence-corrected chi connectivity index (χ2v) is 19.8. The number of aromatic nitrogens is 1. The van der Waals surface area contributed by atoms with E-state index in [1.165, 1.54) is 50.5 Å². The molecule has 0 atom stereocenters. The van der Waals surface area contributed by atoms with Crippen LogP contribution < -0.4 is 3.58 Å². The Labute approximate surface area is 136 Å². The van der Waals surface area contributed by atoms with Crippen molar-refractivity contribution in [1.29, 1.82) is 0 Å². The van der Waals surface area contributed by atoms with Crippen LogP contribution in [0.15, 0.2) is 18.5 Å². The van der Waals surface area contributed by atoms with Gasteiger partial charge < -0.3 is 0 Å². The van der Waals surface area contributed by atoms with Crippen LogP contribution in [-0.4, -0.2) is 23.4 Å². The molecule has 1 aromatic heterocycles. The molecule has 1 nitrogen and oxygen atoms in total. The molecular weight excluding hydrogens is 361 g/mol. The number of aryl methyl sites for hydroxylation is 1. The van der Waals surface area contributed by atoms with Crippen LogP contribution in [0.25, 0.3) is 0 Å². The van der Waals surface area contributed by atoms with Crippen LogP contribution in [-0.2, 0) is 0 Å². The third kappa shape index (κ3) is 5.92. The minimum absolute atomic E-state index is 1.34. The first-order valence-corrected chi connectivity index (χ1v) is 16.6. The van der Waals surface area contributed by atoms with Gasteiger partial charge in [0.2, 0.25) is 0 Å². The summed E-state index contributed by atoms with van der Waals surface area (Å²) in [5, 5.41) is 0. The van der Waals surface area contributed by atoms with Gasteiger partial charge in [-0.25, -0.2) is 0 Å². The van der Waals surface area contributed by atoms with E-state index in [1.54, 1.807) is 16.9 Å². The normalized spacial score (nSPS) is 11.8. The van der Waals surface area contributed by atoms with Crippen LogP contribution >= 0.6 is 0 Å². The maximum atomic E-state index is 4.51. The van der Waals surface area contributed by atoms with Gasteiger partial charge in [-0.2, -0.15) is 0 Å². The van der Waals surface area contributed by atoms with Gasteiger partial charge in [-0.3, -0.25) is 0 Å². The summed E-state index contributed by atoms with van der Waals surface area (Å²) in [4.78, 5) is 4.51. The Morgan fingerprint density at radius 1 is 0.857 bits per heavy atom. The van der Waals surface area contributed by atoms with Crippen molar-refractivity contribution in [3.63, 3.8) is 0 Å². The number of nitrogens with zero attached hydrogens (tertiary/aromatic N) is 1. The Hall–Kier alpha value is -0.0513. The standard InChI is InChI=1S/C6H6N.C5H11.2C4H9.Sn/c1-6-2-4-7-5-3-6;1-3-5-4-2;2*1-3-4-2;/h2,4-5H,1H3;1,3-5H2,2H3;2*1,3-4H2,2H3;. The summed E-state index contributed by atoms with van der Waals surface area (Å²) in [6.07, 6.45) is 14.0. The Bertz CT molecular complexity index is 381.